The van der Waals surface area contributed by atoms with Gasteiger partial charge in [-0.1, -0.05) is 13.3 Å². The third-order valence-electron chi connectivity index (χ3n) is 4.38. The first-order chi connectivity index (χ1) is 11.3. The minimum absolute atomic E-state index is 0.0348. The maximum Gasteiger partial charge on any atom is 0.255 e. The van der Waals surface area contributed by atoms with Gasteiger partial charge in [0.1, 0.15) is 6.33 Å². The molecule has 1 aliphatic carbocycles. The lowest BCUT2D eigenvalue weighted by Gasteiger charge is -2.32. The highest BCUT2D eigenvalue weighted by Crippen LogP contribution is 2.30. The Morgan fingerprint density at radius 1 is 1.43 bits per heavy atom. The van der Waals surface area contributed by atoms with Crippen LogP contribution in [0.3, 0.4) is 0 Å². The molecule has 1 N–H and O–H groups in total. The summed E-state index contributed by atoms with van der Waals surface area (Å²) in [6.07, 6.45) is 8.19. The summed E-state index contributed by atoms with van der Waals surface area (Å²) in [6, 6.07) is -0.107. The Hall–Kier alpha value is -1.53. The van der Waals surface area contributed by atoms with Crippen molar-refractivity contribution in [1.82, 2.24) is 15.3 Å². The van der Waals surface area contributed by atoms with Crippen LogP contribution in [0.15, 0.2) is 12.5 Å². The SMILES string of the molecule is CCCc1ncncc1C(=O)N[C@@H]1COCC[C@@H]1OCC1CC1. The van der Waals surface area contributed by atoms with Gasteiger partial charge in [-0.3, -0.25) is 4.79 Å². The maximum absolute atomic E-state index is 12.6. The molecule has 2 aliphatic rings. The summed E-state index contributed by atoms with van der Waals surface area (Å²) in [5, 5.41) is 3.06. The summed E-state index contributed by atoms with van der Waals surface area (Å²) in [7, 11) is 0. The first-order valence-corrected chi connectivity index (χ1v) is 8.57. The minimum Gasteiger partial charge on any atom is -0.379 e. The lowest BCUT2D eigenvalue weighted by Crippen LogP contribution is -2.51. The molecule has 3 rings (SSSR count). The summed E-state index contributed by atoms with van der Waals surface area (Å²) < 4.78 is 11.5. The summed E-state index contributed by atoms with van der Waals surface area (Å²) in [4.78, 5) is 20.8. The number of nitrogens with zero attached hydrogens (tertiary/aromatic N) is 2. The third-order valence-corrected chi connectivity index (χ3v) is 4.38. The van der Waals surface area contributed by atoms with Crippen molar-refractivity contribution in [3.05, 3.63) is 23.8 Å². The largest absolute Gasteiger partial charge is 0.379 e. The van der Waals surface area contributed by atoms with E-state index in [0.29, 0.717) is 24.7 Å². The molecule has 23 heavy (non-hydrogen) atoms. The Morgan fingerprint density at radius 3 is 3.09 bits per heavy atom. The van der Waals surface area contributed by atoms with Crippen molar-refractivity contribution < 1.29 is 14.3 Å². The lowest BCUT2D eigenvalue weighted by atomic mass is 10.0. The predicted molar refractivity (Wildman–Crippen MR) is 85.2 cm³/mol. The molecule has 2 heterocycles. The van der Waals surface area contributed by atoms with Crippen LogP contribution in [0.2, 0.25) is 0 Å². The van der Waals surface area contributed by atoms with Crippen LogP contribution in [0.25, 0.3) is 0 Å². The van der Waals surface area contributed by atoms with E-state index in [0.717, 1.165) is 31.6 Å². The fourth-order valence-electron chi connectivity index (χ4n) is 2.82. The van der Waals surface area contributed by atoms with Crippen LogP contribution in [0.1, 0.15) is 48.7 Å². The number of nitrogens with one attached hydrogen (secondary N) is 1. The number of carbonyl (C=O) groups is 1. The van der Waals surface area contributed by atoms with Crippen molar-refractivity contribution >= 4 is 5.91 Å². The molecule has 1 aromatic heterocycles. The van der Waals surface area contributed by atoms with Gasteiger partial charge in [-0.25, -0.2) is 9.97 Å². The van der Waals surface area contributed by atoms with E-state index in [1.54, 1.807) is 6.20 Å². The molecule has 1 saturated carbocycles. The van der Waals surface area contributed by atoms with Gasteiger partial charge < -0.3 is 14.8 Å². The van der Waals surface area contributed by atoms with E-state index >= 15 is 0 Å². The molecule has 6 heteroatoms. The first kappa shape index (κ1) is 16.3. The predicted octanol–water partition coefficient (Wildman–Crippen LogP) is 1.74. The Morgan fingerprint density at radius 2 is 2.30 bits per heavy atom. The lowest BCUT2D eigenvalue weighted by molar-refractivity contribution is -0.0567. The van der Waals surface area contributed by atoms with Gasteiger partial charge in [0.15, 0.2) is 0 Å². The summed E-state index contributed by atoms with van der Waals surface area (Å²) in [5.41, 5.74) is 1.35. The number of hydrogen-bond acceptors (Lipinski definition) is 5. The second kappa shape index (κ2) is 7.84. The van der Waals surface area contributed by atoms with Crippen molar-refractivity contribution in [2.45, 2.75) is 51.2 Å². The molecule has 1 aromatic rings. The number of ether oxygens (including phenoxy) is 2. The van der Waals surface area contributed by atoms with Crippen LogP contribution in [-0.4, -0.2) is 47.8 Å². The number of amides is 1. The van der Waals surface area contributed by atoms with Gasteiger partial charge in [-0.2, -0.15) is 0 Å². The van der Waals surface area contributed by atoms with Gasteiger partial charge in [0.2, 0.25) is 0 Å². The van der Waals surface area contributed by atoms with E-state index in [4.69, 9.17) is 9.47 Å². The fourth-order valence-corrected chi connectivity index (χ4v) is 2.82. The van der Waals surface area contributed by atoms with Crippen molar-refractivity contribution in [3.8, 4) is 0 Å². The summed E-state index contributed by atoms with van der Waals surface area (Å²) in [6.45, 7) is 4.06. The van der Waals surface area contributed by atoms with Crippen molar-refractivity contribution in [3.63, 3.8) is 0 Å². The van der Waals surface area contributed by atoms with Gasteiger partial charge in [0.25, 0.3) is 5.91 Å². The summed E-state index contributed by atoms with van der Waals surface area (Å²) in [5.74, 6) is 0.581. The molecular formula is C17H25N3O3. The highest BCUT2D eigenvalue weighted by atomic mass is 16.5. The summed E-state index contributed by atoms with van der Waals surface area (Å²) >= 11 is 0. The zero-order valence-electron chi connectivity index (χ0n) is 13.7. The molecule has 0 spiro atoms. The van der Waals surface area contributed by atoms with E-state index in [-0.39, 0.29) is 18.1 Å². The molecule has 2 fully saturated rings. The third kappa shape index (κ3) is 4.48. The molecule has 126 valence electrons. The van der Waals surface area contributed by atoms with Gasteiger partial charge in [-0.05, 0) is 31.6 Å². The molecule has 1 saturated heterocycles. The molecule has 0 radical (unpaired) electrons. The maximum atomic E-state index is 12.6. The monoisotopic (exact) mass is 319 g/mol. The van der Waals surface area contributed by atoms with Gasteiger partial charge in [-0.15, -0.1) is 0 Å². The van der Waals surface area contributed by atoms with E-state index in [1.165, 1.54) is 19.2 Å². The zero-order chi connectivity index (χ0) is 16.1. The van der Waals surface area contributed by atoms with Crippen LogP contribution < -0.4 is 5.32 Å². The molecule has 1 aliphatic heterocycles. The number of hydrogen-bond donors (Lipinski definition) is 1. The second-order valence-corrected chi connectivity index (χ2v) is 6.39. The van der Waals surface area contributed by atoms with Crippen molar-refractivity contribution in [1.29, 1.82) is 0 Å². The van der Waals surface area contributed by atoms with E-state index in [2.05, 4.69) is 22.2 Å². The second-order valence-electron chi connectivity index (χ2n) is 6.39. The molecule has 0 unspecified atom stereocenters. The number of aryl methyl sites for hydroxylation is 1. The van der Waals surface area contributed by atoms with E-state index in [9.17, 15) is 4.79 Å². The van der Waals surface area contributed by atoms with E-state index in [1.807, 2.05) is 0 Å². The molecule has 0 aromatic carbocycles. The normalized spacial score (nSPS) is 24.4. The Balaban J connectivity index is 1.62. The van der Waals surface area contributed by atoms with Crippen LogP contribution in [0.5, 0.6) is 0 Å². The van der Waals surface area contributed by atoms with Crippen LogP contribution in [0, 0.1) is 5.92 Å². The average Bonchev–Trinajstić information content (AvgIpc) is 3.39. The molecule has 0 bridgehead atoms. The number of carbonyl (C=O) groups excluding carboxylic acids is 1. The van der Waals surface area contributed by atoms with Crippen molar-refractivity contribution in [2.24, 2.45) is 5.92 Å². The average molecular weight is 319 g/mol. The Bertz CT molecular complexity index is 534. The molecule has 1 amide bonds. The topological polar surface area (TPSA) is 73.3 Å². The van der Waals surface area contributed by atoms with Crippen molar-refractivity contribution in [2.75, 3.05) is 19.8 Å². The fraction of sp³-hybridized carbons (Fsp3) is 0.706. The van der Waals surface area contributed by atoms with Crippen LogP contribution >= 0.6 is 0 Å². The zero-order valence-corrected chi connectivity index (χ0v) is 13.7. The van der Waals surface area contributed by atoms with E-state index < -0.39 is 0 Å². The Labute approximate surface area is 137 Å². The highest BCUT2D eigenvalue weighted by Gasteiger charge is 2.31. The Kier molecular flexibility index (Phi) is 5.56. The van der Waals surface area contributed by atoms with Gasteiger partial charge in [0, 0.05) is 19.4 Å². The first-order valence-electron chi connectivity index (χ1n) is 8.57. The highest BCUT2D eigenvalue weighted by molar-refractivity contribution is 5.95. The molecular weight excluding hydrogens is 294 g/mol. The van der Waals surface area contributed by atoms with Crippen LogP contribution in [0.4, 0.5) is 0 Å². The number of rotatable bonds is 7. The number of aromatic nitrogens is 2. The van der Waals surface area contributed by atoms with Gasteiger partial charge >= 0.3 is 0 Å². The van der Waals surface area contributed by atoms with Gasteiger partial charge in [0.05, 0.1) is 30.0 Å². The standard InChI is InChI=1S/C17H25N3O3/c1-2-3-14-13(8-18-11-19-14)17(21)20-15-10-22-7-6-16(15)23-9-12-4-5-12/h8,11-12,15-16H,2-7,9-10H2,1H3,(H,20,21)/t15-,16+/m1/s1. The molecule has 2 atom stereocenters. The van der Waals surface area contributed by atoms with Crippen LogP contribution in [-0.2, 0) is 15.9 Å². The quantitative estimate of drug-likeness (QED) is 0.829. The minimum atomic E-state index is -0.135. The smallest absolute Gasteiger partial charge is 0.255 e. The molecule has 6 nitrogen and oxygen atoms in total.